The third kappa shape index (κ3) is 2.14. The first-order chi connectivity index (χ1) is 11.1. The second kappa shape index (κ2) is 5.27. The number of fused-ring (bicyclic) bond motifs is 5. The summed E-state index contributed by atoms with van der Waals surface area (Å²) in [6.07, 6.45) is 6.27. The number of Topliss-reactive ketones (excluding diaryl/α,β-unsaturated/α-hetero) is 1. The van der Waals surface area contributed by atoms with Gasteiger partial charge in [0.25, 0.3) is 0 Å². The molecule has 2 bridgehead atoms. The number of carbonyl (C=O) groups is 2. The van der Waals surface area contributed by atoms with Crippen LogP contribution in [0.4, 0.5) is 0 Å². The number of rotatable bonds is 3. The molecule has 0 saturated heterocycles. The van der Waals surface area contributed by atoms with Crippen LogP contribution in [0.15, 0.2) is 52.3 Å². The molecule has 1 unspecified atom stereocenters. The number of carbonyl (C=O) groups excluding carboxylic acids is 2. The van der Waals surface area contributed by atoms with Crippen molar-refractivity contribution in [2.75, 3.05) is 7.11 Å². The Hall–Kier alpha value is -2.01. The van der Waals surface area contributed by atoms with Gasteiger partial charge in [-0.05, 0) is 42.5 Å². The van der Waals surface area contributed by atoms with Gasteiger partial charge in [0.2, 0.25) is 0 Å². The van der Waals surface area contributed by atoms with Gasteiger partial charge in [0.1, 0.15) is 5.75 Å². The standard InChI is InChI=1S/C18H16O4S/c1-22-12-4-6-13(7-5-12)23(21)15-9-14(19)16-10-2-3-11(8-10)17(16)18(15)20/h2-7,9-11,16-17H,8H2,1H3/t10-,11+,16+,17+,23?/m1/s1. The normalized spacial score (nSPS) is 32.7. The Bertz CT molecular complexity index is 775. The maximum absolute atomic E-state index is 12.8. The van der Waals surface area contributed by atoms with E-state index in [-0.39, 0.29) is 40.1 Å². The molecule has 4 nitrogen and oxygen atoms in total. The van der Waals surface area contributed by atoms with Gasteiger partial charge in [-0.15, -0.1) is 0 Å². The SMILES string of the molecule is COc1ccc(S(=O)C2=CC(=O)[C@H]3[C@@H](C2=O)[C@H]2C=C[C@@H]3C2)cc1. The van der Waals surface area contributed by atoms with Crippen LogP contribution >= 0.6 is 0 Å². The minimum Gasteiger partial charge on any atom is -0.497 e. The van der Waals surface area contributed by atoms with Gasteiger partial charge < -0.3 is 4.74 Å². The average molecular weight is 328 g/mol. The van der Waals surface area contributed by atoms with Gasteiger partial charge in [-0.1, -0.05) is 12.2 Å². The monoisotopic (exact) mass is 328 g/mol. The van der Waals surface area contributed by atoms with Crippen LogP contribution in [0.25, 0.3) is 0 Å². The minimum atomic E-state index is -1.63. The number of hydrogen-bond donors (Lipinski definition) is 0. The lowest BCUT2D eigenvalue weighted by atomic mass is 9.75. The van der Waals surface area contributed by atoms with Crippen LogP contribution in [0.3, 0.4) is 0 Å². The van der Waals surface area contributed by atoms with Crippen LogP contribution in [-0.4, -0.2) is 22.9 Å². The van der Waals surface area contributed by atoms with Gasteiger partial charge in [0, 0.05) is 22.8 Å². The Labute approximate surface area is 136 Å². The van der Waals surface area contributed by atoms with Gasteiger partial charge in [-0.2, -0.15) is 0 Å². The highest BCUT2D eigenvalue weighted by Gasteiger charge is 2.54. The molecule has 0 heterocycles. The molecule has 5 atom stereocenters. The van der Waals surface area contributed by atoms with E-state index < -0.39 is 10.8 Å². The molecule has 0 radical (unpaired) electrons. The van der Waals surface area contributed by atoms with Crippen molar-refractivity contribution in [1.82, 2.24) is 0 Å². The summed E-state index contributed by atoms with van der Waals surface area (Å²) in [5.41, 5.74) is 0. The van der Waals surface area contributed by atoms with E-state index in [2.05, 4.69) is 6.08 Å². The predicted octanol–water partition coefficient (Wildman–Crippen LogP) is 2.28. The lowest BCUT2D eigenvalue weighted by Gasteiger charge is -2.29. The molecule has 3 aliphatic rings. The fourth-order valence-electron chi connectivity index (χ4n) is 4.00. The van der Waals surface area contributed by atoms with Gasteiger partial charge in [0.15, 0.2) is 11.6 Å². The van der Waals surface area contributed by atoms with Crippen LogP contribution in [-0.2, 0) is 20.4 Å². The zero-order valence-electron chi connectivity index (χ0n) is 12.6. The fourth-order valence-corrected chi connectivity index (χ4v) is 5.18. The average Bonchev–Trinajstić information content (AvgIpc) is 3.19. The van der Waals surface area contributed by atoms with Crippen molar-refractivity contribution in [1.29, 1.82) is 0 Å². The van der Waals surface area contributed by atoms with Crippen LogP contribution in [0.5, 0.6) is 5.75 Å². The molecular weight excluding hydrogens is 312 g/mol. The third-order valence-corrected chi connectivity index (χ3v) is 6.50. The lowest BCUT2D eigenvalue weighted by molar-refractivity contribution is -0.129. The van der Waals surface area contributed by atoms with Gasteiger partial charge in [0.05, 0.1) is 22.8 Å². The molecule has 0 aromatic heterocycles. The van der Waals surface area contributed by atoms with Crippen molar-refractivity contribution in [2.45, 2.75) is 11.3 Å². The maximum Gasteiger partial charge on any atom is 0.176 e. The number of allylic oxidation sites excluding steroid dienone is 4. The molecule has 0 N–H and O–H groups in total. The van der Waals surface area contributed by atoms with Crippen molar-refractivity contribution in [3.63, 3.8) is 0 Å². The molecule has 1 fully saturated rings. The van der Waals surface area contributed by atoms with Gasteiger partial charge in [-0.3, -0.25) is 9.59 Å². The molecule has 1 aromatic carbocycles. The summed E-state index contributed by atoms with van der Waals surface area (Å²) >= 11 is 0. The molecule has 1 aromatic rings. The van der Waals surface area contributed by atoms with Crippen molar-refractivity contribution >= 4 is 22.4 Å². The van der Waals surface area contributed by atoms with E-state index in [4.69, 9.17) is 4.74 Å². The number of methoxy groups -OCH3 is 1. The minimum absolute atomic E-state index is 0.0525. The highest BCUT2D eigenvalue weighted by atomic mass is 32.2. The summed E-state index contributed by atoms with van der Waals surface area (Å²) in [5.74, 6) is 0.216. The molecule has 5 heteroatoms. The maximum atomic E-state index is 12.8. The fraction of sp³-hybridized carbons (Fsp3) is 0.333. The van der Waals surface area contributed by atoms with Crippen LogP contribution in [0.1, 0.15) is 6.42 Å². The summed E-state index contributed by atoms with van der Waals surface area (Å²) < 4.78 is 17.8. The molecule has 3 aliphatic carbocycles. The zero-order valence-corrected chi connectivity index (χ0v) is 13.4. The number of benzene rings is 1. The Morgan fingerprint density at radius 2 is 1.70 bits per heavy atom. The van der Waals surface area contributed by atoms with Crippen molar-refractivity contribution in [2.24, 2.45) is 23.7 Å². The number of ether oxygens (including phenoxy) is 1. The first-order valence-electron chi connectivity index (χ1n) is 7.64. The molecule has 118 valence electrons. The first kappa shape index (κ1) is 14.6. The predicted molar refractivity (Wildman–Crippen MR) is 85.2 cm³/mol. The topological polar surface area (TPSA) is 60.4 Å². The largest absolute Gasteiger partial charge is 0.497 e. The summed E-state index contributed by atoms with van der Waals surface area (Å²) in [5, 5.41) is 0. The number of ketones is 2. The molecule has 0 spiro atoms. The highest BCUT2D eigenvalue weighted by molar-refractivity contribution is 7.90. The van der Waals surface area contributed by atoms with Crippen molar-refractivity contribution in [3.05, 3.63) is 47.4 Å². The number of hydrogen-bond acceptors (Lipinski definition) is 4. The Morgan fingerprint density at radius 1 is 1.04 bits per heavy atom. The second-order valence-corrected chi connectivity index (χ2v) is 7.67. The van der Waals surface area contributed by atoms with Crippen molar-refractivity contribution in [3.8, 4) is 5.75 Å². The highest BCUT2D eigenvalue weighted by Crippen LogP contribution is 2.51. The Morgan fingerprint density at radius 3 is 2.35 bits per heavy atom. The molecule has 0 amide bonds. The van der Waals surface area contributed by atoms with E-state index in [0.29, 0.717) is 10.6 Å². The van der Waals surface area contributed by atoms with E-state index >= 15 is 0 Å². The molecule has 0 aliphatic heterocycles. The summed E-state index contributed by atoms with van der Waals surface area (Å²) in [4.78, 5) is 25.9. The van der Waals surface area contributed by atoms with E-state index in [1.807, 2.05) is 6.08 Å². The quantitative estimate of drug-likeness (QED) is 0.799. The van der Waals surface area contributed by atoms with Crippen LogP contribution < -0.4 is 4.74 Å². The Kier molecular flexibility index (Phi) is 3.34. The molecular formula is C18H16O4S. The summed E-state index contributed by atoms with van der Waals surface area (Å²) in [7, 11) is -0.0752. The third-order valence-electron chi connectivity index (χ3n) is 5.08. The van der Waals surface area contributed by atoms with E-state index in [9.17, 15) is 13.8 Å². The molecule has 1 saturated carbocycles. The second-order valence-electron chi connectivity index (χ2n) is 6.22. The van der Waals surface area contributed by atoms with Crippen molar-refractivity contribution < 1.29 is 18.5 Å². The molecule has 4 rings (SSSR count). The Balaban J connectivity index is 1.67. The van der Waals surface area contributed by atoms with Gasteiger partial charge in [-0.25, -0.2) is 4.21 Å². The van der Waals surface area contributed by atoms with E-state index in [0.717, 1.165) is 6.42 Å². The van der Waals surface area contributed by atoms with Crippen LogP contribution in [0.2, 0.25) is 0 Å². The lowest BCUT2D eigenvalue weighted by Crippen LogP contribution is -2.38. The smallest absolute Gasteiger partial charge is 0.176 e. The summed E-state index contributed by atoms with van der Waals surface area (Å²) in [6, 6.07) is 6.73. The zero-order chi connectivity index (χ0) is 16.1. The van der Waals surface area contributed by atoms with Crippen LogP contribution in [0, 0.1) is 23.7 Å². The van der Waals surface area contributed by atoms with E-state index in [1.165, 1.54) is 6.08 Å². The van der Waals surface area contributed by atoms with Gasteiger partial charge >= 0.3 is 0 Å². The molecule has 23 heavy (non-hydrogen) atoms. The van der Waals surface area contributed by atoms with E-state index in [1.54, 1.807) is 31.4 Å². The first-order valence-corrected chi connectivity index (χ1v) is 8.79. The summed E-state index contributed by atoms with van der Waals surface area (Å²) in [6.45, 7) is 0.